The largest absolute Gasteiger partial charge is 0.382 e. The van der Waals surface area contributed by atoms with E-state index in [4.69, 9.17) is 19.9 Å². The lowest BCUT2D eigenvalue weighted by Gasteiger charge is -2.24. The highest BCUT2D eigenvalue weighted by atomic mass is 79.9. The van der Waals surface area contributed by atoms with Crippen molar-refractivity contribution >= 4 is 15.9 Å². The highest BCUT2D eigenvalue weighted by Gasteiger charge is 2.18. The number of halogens is 1. The molecule has 0 saturated heterocycles. The summed E-state index contributed by atoms with van der Waals surface area (Å²) in [5.41, 5.74) is 7.30. The van der Waals surface area contributed by atoms with Crippen molar-refractivity contribution in [1.29, 1.82) is 0 Å². The zero-order valence-corrected chi connectivity index (χ0v) is 14.5. The van der Waals surface area contributed by atoms with Crippen LogP contribution in [0.4, 0.5) is 0 Å². The molecule has 0 fully saturated rings. The molecule has 1 aromatic rings. The molecule has 0 aromatic heterocycles. The Labute approximate surface area is 136 Å². The Bertz CT molecular complexity index is 372. The molecule has 0 aliphatic heterocycles. The fourth-order valence-electron chi connectivity index (χ4n) is 1.95. The predicted molar refractivity (Wildman–Crippen MR) is 88.4 cm³/mol. The summed E-state index contributed by atoms with van der Waals surface area (Å²) in [5, 5.41) is 0. The van der Waals surface area contributed by atoms with Gasteiger partial charge in [0.25, 0.3) is 0 Å². The number of hydrogen-bond donors (Lipinski definition) is 1. The number of hydrogen-bond acceptors (Lipinski definition) is 4. The third kappa shape index (κ3) is 7.38. The fourth-order valence-corrected chi connectivity index (χ4v) is 2.21. The van der Waals surface area contributed by atoms with Gasteiger partial charge in [-0.15, -0.1) is 0 Å². The van der Waals surface area contributed by atoms with Crippen LogP contribution in [0, 0.1) is 0 Å². The molecular weight excluding hydrogens is 334 g/mol. The molecule has 0 spiro atoms. The molecule has 2 atom stereocenters. The zero-order chi connectivity index (χ0) is 15.5. The van der Waals surface area contributed by atoms with E-state index >= 15 is 0 Å². The molecule has 4 nitrogen and oxygen atoms in total. The maximum absolute atomic E-state index is 6.18. The first kappa shape index (κ1) is 18.6. The van der Waals surface area contributed by atoms with Gasteiger partial charge in [-0.1, -0.05) is 35.0 Å². The second kappa shape index (κ2) is 11.2. The Morgan fingerprint density at radius 1 is 1.10 bits per heavy atom. The van der Waals surface area contributed by atoms with Crippen LogP contribution in [-0.2, 0) is 14.2 Å². The SMILES string of the molecule is CCC(N)C(OCCCOCCOC)c1ccc(Br)cc1. The summed E-state index contributed by atoms with van der Waals surface area (Å²) in [4.78, 5) is 0. The Kier molecular flexibility index (Phi) is 9.87. The van der Waals surface area contributed by atoms with Gasteiger partial charge in [-0.05, 0) is 30.5 Å². The average Bonchev–Trinajstić information content (AvgIpc) is 2.50. The Hall–Kier alpha value is -0.460. The van der Waals surface area contributed by atoms with Crippen molar-refractivity contribution in [3.8, 4) is 0 Å². The summed E-state index contributed by atoms with van der Waals surface area (Å²) in [7, 11) is 1.67. The van der Waals surface area contributed by atoms with E-state index in [-0.39, 0.29) is 12.1 Å². The van der Waals surface area contributed by atoms with Crippen molar-refractivity contribution in [2.45, 2.75) is 31.9 Å². The minimum absolute atomic E-state index is 0.000542. The smallest absolute Gasteiger partial charge is 0.0975 e. The van der Waals surface area contributed by atoms with E-state index in [0.717, 1.165) is 22.9 Å². The van der Waals surface area contributed by atoms with Crippen molar-refractivity contribution in [1.82, 2.24) is 0 Å². The molecule has 2 unspecified atom stereocenters. The third-order valence-corrected chi connectivity index (χ3v) is 3.75. The molecule has 21 heavy (non-hydrogen) atoms. The van der Waals surface area contributed by atoms with E-state index < -0.39 is 0 Å². The lowest BCUT2D eigenvalue weighted by molar-refractivity contribution is 0.0113. The van der Waals surface area contributed by atoms with E-state index in [1.165, 1.54) is 0 Å². The molecule has 0 saturated carbocycles. The van der Waals surface area contributed by atoms with Gasteiger partial charge in [0.1, 0.15) is 0 Å². The first-order chi connectivity index (χ1) is 10.2. The van der Waals surface area contributed by atoms with Crippen LogP contribution in [0.25, 0.3) is 0 Å². The topological polar surface area (TPSA) is 53.7 Å². The van der Waals surface area contributed by atoms with Gasteiger partial charge in [0, 0.05) is 30.8 Å². The van der Waals surface area contributed by atoms with Crippen molar-refractivity contribution in [2.24, 2.45) is 5.73 Å². The van der Waals surface area contributed by atoms with Crippen LogP contribution in [0.15, 0.2) is 28.7 Å². The van der Waals surface area contributed by atoms with Crippen molar-refractivity contribution in [3.05, 3.63) is 34.3 Å². The van der Waals surface area contributed by atoms with Gasteiger partial charge in [0.05, 0.1) is 19.3 Å². The predicted octanol–water partition coefficient (Wildman–Crippen LogP) is 3.30. The summed E-state index contributed by atoms with van der Waals surface area (Å²) >= 11 is 3.44. The van der Waals surface area contributed by atoms with Gasteiger partial charge in [0.15, 0.2) is 0 Å². The van der Waals surface area contributed by atoms with Gasteiger partial charge in [-0.2, -0.15) is 0 Å². The molecule has 0 aliphatic rings. The minimum atomic E-state index is -0.0675. The van der Waals surface area contributed by atoms with Crippen LogP contribution in [-0.4, -0.2) is 39.6 Å². The van der Waals surface area contributed by atoms with Gasteiger partial charge in [0.2, 0.25) is 0 Å². The van der Waals surface area contributed by atoms with Gasteiger partial charge in [-0.25, -0.2) is 0 Å². The first-order valence-electron chi connectivity index (χ1n) is 7.38. The summed E-state index contributed by atoms with van der Waals surface area (Å²) < 4.78 is 17.4. The van der Waals surface area contributed by atoms with E-state index in [2.05, 4.69) is 35.0 Å². The number of benzene rings is 1. The number of ether oxygens (including phenoxy) is 3. The second-order valence-electron chi connectivity index (χ2n) is 4.87. The minimum Gasteiger partial charge on any atom is -0.382 e. The van der Waals surface area contributed by atoms with Crippen molar-refractivity contribution < 1.29 is 14.2 Å². The molecule has 120 valence electrons. The standard InChI is InChI=1S/C16H26BrNO3/c1-3-15(18)16(13-5-7-14(17)8-6-13)21-10-4-9-20-12-11-19-2/h5-8,15-16H,3-4,9-12,18H2,1-2H3. The van der Waals surface area contributed by atoms with Crippen LogP contribution in [0.2, 0.25) is 0 Å². The van der Waals surface area contributed by atoms with E-state index in [0.29, 0.717) is 26.4 Å². The summed E-state index contributed by atoms with van der Waals surface area (Å²) in [6.07, 6.45) is 1.67. The molecule has 0 amide bonds. The molecule has 0 bridgehead atoms. The average molecular weight is 360 g/mol. The van der Waals surface area contributed by atoms with Crippen LogP contribution in [0.5, 0.6) is 0 Å². The maximum Gasteiger partial charge on any atom is 0.0975 e. The van der Waals surface area contributed by atoms with Crippen molar-refractivity contribution in [3.63, 3.8) is 0 Å². The lowest BCUT2D eigenvalue weighted by Crippen LogP contribution is -2.30. The molecule has 0 radical (unpaired) electrons. The molecule has 2 N–H and O–H groups in total. The summed E-state index contributed by atoms with van der Waals surface area (Å²) in [6.45, 7) is 4.65. The van der Waals surface area contributed by atoms with E-state index in [1.807, 2.05) is 12.1 Å². The van der Waals surface area contributed by atoms with Crippen molar-refractivity contribution in [2.75, 3.05) is 33.5 Å². The molecule has 0 aliphatic carbocycles. The third-order valence-electron chi connectivity index (χ3n) is 3.22. The Balaban J connectivity index is 2.39. The molecule has 1 aromatic carbocycles. The van der Waals surface area contributed by atoms with Gasteiger partial charge < -0.3 is 19.9 Å². The van der Waals surface area contributed by atoms with Crippen LogP contribution < -0.4 is 5.73 Å². The quantitative estimate of drug-likeness (QED) is 0.616. The molecule has 1 rings (SSSR count). The Morgan fingerprint density at radius 3 is 2.43 bits per heavy atom. The van der Waals surface area contributed by atoms with Gasteiger partial charge >= 0.3 is 0 Å². The van der Waals surface area contributed by atoms with Gasteiger partial charge in [-0.3, -0.25) is 0 Å². The monoisotopic (exact) mass is 359 g/mol. The van der Waals surface area contributed by atoms with Crippen LogP contribution >= 0.6 is 15.9 Å². The highest BCUT2D eigenvalue weighted by molar-refractivity contribution is 9.10. The second-order valence-corrected chi connectivity index (χ2v) is 5.79. The van der Waals surface area contributed by atoms with Crippen LogP contribution in [0.1, 0.15) is 31.4 Å². The summed E-state index contributed by atoms with van der Waals surface area (Å²) in [6, 6.07) is 8.14. The lowest BCUT2D eigenvalue weighted by atomic mass is 10.0. The maximum atomic E-state index is 6.18. The number of rotatable bonds is 11. The highest BCUT2D eigenvalue weighted by Crippen LogP contribution is 2.24. The fraction of sp³-hybridized carbons (Fsp3) is 0.625. The van der Waals surface area contributed by atoms with E-state index in [9.17, 15) is 0 Å². The molecule has 0 heterocycles. The number of nitrogens with two attached hydrogens (primary N) is 1. The molecule has 5 heteroatoms. The summed E-state index contributed by atoms with van der Waals surface area (Å²) in [5.74, 6) is 0. The first-order valence-corrected chi connectivity index (χ1v) is 8.17. The number of methoxy groups -OCH3 is 1. The normalized spacial score (nSPS) is 14.1. The molecular formula is C16H26BrNO3. The van der Waals surface area contributed by atoms with Crippen LogP contribution in [0.3, 0.4) is 0 Å². The van der Waals surface area contributed by atoms with E-state index in [1.54, 1.807) is 7.11 Å². The zero-order valence-electron chi connectivity index (χ0n) is 12.9. The Morgan fingerprint density at radius 2 is 1.81 bits per heavy atom.